The molecule has 4 nitrogen and oxygen atoms in total. The first kappa shape index (κ1) is 20.0. The molecule has 0 atom stereocenters. The molecule has 2 aromatic carbocycles. The zero-order chi connectivity index (χ0) is 20.6. The Hall–Kier alpha value is -2.76. The molecular weight excluding hydrogens is 372 g/mol. The summed E-state index contributed by atoms with van der Waals surface area (Å²) < 4.78 is 34.0. The summed E-state index contributed by atoms with van der Waals surface area (Å²) >= 11 is 0. The Morgan fingerprint density at radius 3 is 2.21 bits per heavy atom. The molecule has 1 aliphatic rings. The molecule has 2 aromatic rings. The van der Waals surface area contributed by atoms with E-state index in [0.717, 1.165) is 27.8 Å². The lowest BCUT2D eigenvalue weighted by Gasteiger charge is -2.21. The summed E-state index contributed by atoms with van der Waals surface area (Å²) in [4.78, 5) is 11.9. The van der Waals surface area contributed by atoms with Crippen LogP contribution >= 0.6 is 0 Å². The predicted octanol–water partition coefficient (Wildman–Crippen LogP) is 4.83. The highest BCUT2D eigenvalue weighted by Gasteiger charge is 2.24. The minimum absolute atomic E-state index is 0.0652. The van der Waals surface area contributed by atoms with Crippen LogP contribution in [0.5, 0.6) is 0 Å². The number of ketones is 1. The van der Waals surface area contributed by atoms with Gasteiger partial charge in [-0.2, -0.15) is 8.42 Å². The van der Waals surface area contributed by atoms with Crippen LogP contribution in [0.15, 0.2) is 76.2 Å². The zero-order valence-electron chi connectivity index (χ0n) is 16.3. The van der Waals surface area contributed by atoms with Crippen molar-refractivity contribution in [1.82, 2.24) is 0 Å². The van der Waals surface area contributed by atoms with Gasteiger partial charge >= 0.3 is 0 Å². The quantitative estimate of drug-likeness (QED) is 0.757. The molecule has 1 aliphatic carbocycles. The number of allylic oxidation sites excluding steroid dienone is 5. The highest BCUT2D eigenvalue weighted by Crippen LogP contribution is 2.38. The number of hydrogen-bond acceptors (Lipinski definition) is 3. The molecule has 0 radical (unpaired) electrons. The van der Waals surface area contributed by atoms with E-state index in [0.29, 0.717) is 16.7 Å². The summed E-state index contributed by atoms with van der Waals surface area (Å²) in [5.41, 5.74) is 6.02. The molecular formula is C23H22O4S. The Bertz CT molecular complexity index is 1180. The third-order valence-electron chi connectivity index (χ3n) is 4.89. The standard InChI is InChI=1S/C23H22O4S/c1-14-9-10-15(2)19(11-14)23(20-12-17(4)21(24)13-16(20)3)18-7-5-6-8-22(18)28(25,26)27/h5-13H,1-4H3,(H,25,26,27)/b23-20-. The van der Waals surface area contributed by atoms with Gasteiger partial charge in [0.05, 0.1) is 0 Å². The van der Waals surface area contributed by atoms with Crippen molar-refractivity contribution >= 4 is 21.5 Å². The van der Waals surface area contributed by atoms with Crippen LogP contribution in [-0.2, 0) is 14.9 Å². The van der Waals surface area contributed by atoms with Gasteiger partial charge in [0.2, 0.25) is 0 Å². The fourth-order valence-electron chi connectivity index (χ4n) is 3.40. The summed E-state index contributed by atoms with van der Waals surface area (Å²) in [5.74, 6) is -0.0652. The number of hydrogen-bond donors (Lipinski definition) is 1. The lowest BCUT2D eigenvalue weighted by molar-refractivity contribution is -0.111. The van der Waals surface area contributed by atoms with Crippen LogP contribution in [0, 0.1) is 13.8 Å². The lowest BCUT2D eigenvalue weighted by atomic mass is 9.84. The number of carbonyl (C=O) groups excluding carboxylic acids is 1. The smallest absolute Gasteiger partial charge is 0.290 e. The third kappa shape index (κ3) is 3.77. The molecule has 0 saturated heterocycles. The molecule has 0 amide bonds. The Kier molecular flexibility index (Phi) is 5.24. The highest BCUT2D eigenvalue weighted by atomic mass is 32.2. The van der Waals surface area contributed by atoms with Crippen LogP contribution in [0.1, 0.15) is 36.1 Å². The Balaban J connectivity index is 2.50. The van der Waals surface area contributed by atoms with E-state index in [-0.39, 0.29) is 10.7 Å². The molecule has 28 heavy (non-hydrogen) atoms. The monoisotopic (exact) mass is 394 g/mol. The van der Waals surface area contributed by atoms with Crippen molar-refractivity contribution in [2.45, 2.75) is 32.6 Å². The van der Waals surface area contributed by atoms with Crippen molar-refractivity contribution in [3.63, 3.8) is 0 Å². The fraction of sp³-hybridized carbons (Fsp3) is 0.174. The normalized spacial score (nSPS) is 16.5. The number of aryl methyl sites for hydroxylation is 2. The van der Waals surface area contributed by atoms with Crippen LogP contribution in [0.25, 0.3) is 5.57 Å². The van der Waals surface area contributed by atoms with Gasteiger partial charge in [-0.1, -0.05) is 42.0 Å². The first-order valence-corrected chi connectivity index (χ1v) is 10.3. The van der Waals surface area contributed by atoms with E-state index in [9.17, 15) is 17.8 Å². The average Bonchev–Trinajstić information content (AvgIpc) is 2.62. The number of carbonyl (C=O) groups is 1. The van der Waals surface area contributed by atoms with Crippen molar-refractivity contribution in [3.05, 3.63) is 93.6 Å². The third-order valence-corrected chi connectivity index (χ3v) is 5.80. The first-order chi connectivity index (χ1) is 13.1. The first-order valence-electron chi connectivity index (χ1n) is 8.89. The van der Waals surface area contributed by atoms with Gasteiger partial charge in [-0.25, -0.2) is 0 Å². The summed E-state index contributed by atoms with van der Waals surface area (Å²) in [6.45, 7) is 7.49. The van der Waals surface area contributed by atoms with Gasteiger partial charge < -0.3 is 0 Å². The van der Waals surface area contributed by atoms with Gasteiger partial charge in [0.25, 0.3) is 10.1 Å². The lowest BCUT2D eigenvalue weighted by Crippen LogP contribution is -2.09. The summed E-state index contributed by atoms with van der Waals surface area (Å²) in [7, 11) is -4.43. The highest BCUT2D eigenvalue weighted by molar-refractivity contribution is 7.86. The molecule has 0 saturated carbocycles. The van der Waals surface area contributed by atoms with Crippen molar-refractivity contribution in [2.75, 3.05) is 0 Å². The van der Waals surface area contributed by atoms with Crippen molar-refractivity contribution in [3.8, 4) is 0 Å². The van der Waals surface area contributed by atoms with Gasteiger partial charge in [-0.3, -0.25) is 9.35 Å². The van der Waals surface area contributed by atoms with E-state index in [4.69, 9.17) is 0 Å². The molecule has 5 heteroatoms. The largest absolute Gasteiger partial charge is 0.295 e. The Morgan fingerprint density at radius 1 is 0.857 bits per heavy atom. The molecule has 0 fully saturated rings. The Labute approximate surface area is 165 Å². The van der Waals surface area contributed by atoms with E-state index in [1.807, 2.05) is 39.0 Å². The van der Waals surface area contributed by atoms with Gasteiger partial charge in [0, 0.05) is 5.56 Å². The van der Waals surface area contributed by atoms with Crippen LogP contribution in [-0.4, -0.2) is 18.8 Å². The van der Waals surface area contributed by atoms with E-state index in [1.165, 1.54) is 6.07 Å². The molecule has 144 valence electrons. The molecule has 0 spiro atoms. The van der Waals surface area contributed by atoms with Crippen LogP contribution < -0.4 is 0 Å². The van der Waals surface area contributed by atoms with Gasteiger partial charge in [0.15, 0.2) is 5.78 Å². The molecule has 1 N–H and O–H groups in total. The maximum Gasteiger partial charge on any atom is 0.295 e. The maximum absolute atomic E-state index is 12.1. The summed E-state index contributed by atoms with van der Waals surface area (Å²) in [6.07, 6.45) is 3.35. The van der Waals surface area contributed by atoms with E-state index < -0.39 is 10.1 Å². The van der Waals surface area contributed by atoms with Crippen LogP contribution in [0.4, 0.5) is 0 Å². The number of rotatable bonds is 3. The molecule has 0 heterocycles. The fourth-order valence-corrected chi connectivity index (χ4v) is 4.10. The second-order valence-electron chi connectivity index (χ2n) is 7.10. The zero-order valence-corrected chi connectivity index (χ0v) is 17.1. The molecule has 3 rings (SSSR count). The minimum atomic E-state index is -4.43. The molecule has 0 bridgehead atoms. The van der Waals surface area contributed by atoms with Crippen LogP contribution in [0.3, 0.4) is 0 Å². The SMILES string of the molecule is CC1=C/C(=C(/c2cc(C)ccc2C)c2ccccc2S(=O)(=O)O)C(C)=CC1=O. The predicted molar refractivity (Wildman–Crippen MR) is 111 cm³/mol. The van der Waals surface area contributed by atoms with Gasteiger partial charge in [0.1, 0.15) is 4.90 Å². The maximum atomic E-state index is 12.1. The number of benzene rings is 2. The molecule has 0 aliphatic heterocycles. The van der Waals surface area contributed by atoms with Crippen molar-refractivity contribution in [1.29, 1.82) is 0 Å². The summed E-state index contributed by atoms with van der Waals surface area (Å²) in [6, 6.07) is 12.3. The minimum Gasteiger partial charge on any atom is -0.290 e. The Morgan fingerprint density at radius 2 is 1.54 bits per heavy atom. The van der Waals surface area contributed by atoms with Gasteiger partial charge in [-0.15, -0.1) is 0 Å². The molecule has 0 aromatic heterocycles. The average molecular weight is 394 g/mol. The second kappa shape index (κ2) is 7.34. The topological polar surface area (TPSA) is 71.4 Å². The van der Waals surface area contributed by atoms with Crippen molar-refractivity contribution in [2.24, 2.45) is 0 Å². The second-order valence-corrected chi connectivity index (χ2v) is 8.49. The van der Waals surface area contributed by atoms with E-state index >= 15 is 0 Å². The van der Waals surface area contributed by atoms with Gasteiger partial charge in [-0.05, 0) is 79.3 Å². The summed E-state index contributed by atoms with van der Waals surface area (Å²) in [5, 5.41) is 0. The van der Waals surface area contributed by atoms with E-state index in [2.05, 4.69) is 0 Å². The van der Waals surface area contributed by atoms with E-state index in [1.54, 1.807) is 37.3 Å². The van der Waals surface area contributed by atoms with Crippen molar-refractivity contribution < 1.29 is 17.8 Å². The molecule has 0 unspecified atom stereocenters. The van der Waals surface area contributed by atoms with Crippen LogP contribution in [0.2, 0.25) is 0 Å².